The first-order valence-electron chi connectivity index (χ1n) is 16.9. The predicted octanol–water partition coefficient (Wildman–Crippen LogP) is 9.34. The molecule has 2 aromatic carbocycles. The maximum absolute atomic E-state index is 12.4. The van der Waals surface area contributed by atoms with Crippen molar-refractivity contribution >= 4 is 46.5 Å². The van der Waals surface area contributed by atoms with E-state index in [1.165, 1.54) is 40.1 Å². The van der Waals surface area contributed by atoms with E-state index in [9.17, 15) is 9.59 Å². The van der Waals surface area contributed by atoms with Crippen molar-refractivity contribution < 1.29 is 14.3 Å². The van der Waals surface area contributed by atoms with Crippen molar-refractivity contribution in [2.75, 3.05) is 32.1 Å². The molecule has 5 nitrogen and oxygen atoms in total. The first-order chi connectivity index (χ1) is 21.5. The molecule has 0 amide bonds. The lowest BCUT2D eigenvalue weighted by atomic mass is 9.48. The number of hydrogen-bond acceptors (Lipinski definition) is 6. The van der Waals surface area contributed by atoms with Gasteiger partial charge in [-0.15, -0.1) is 0 Å². The normalized spacial score (nSPS) is 31.4. The van der Waals surface area contributed by atoms with Crippen LogP contribution < -0.4 is 4.90 Å². The average molecular weight is 649 g/mol. The van der Waals surface area contributed by atoms with Crippen LogP contribution in [-0.2, 0) is 14.3 Å². The molecule has 1 aliphatic heterocycles. The van der Waals surface area contributed by atoms with Crippen molar-refractivity contribution in [2.45, 2.75) is 94.5 Å². The SMILES string of the molecule is CC(=O)OC1CCC2(C)C(=CCC3C4CCC(=O)C4(C)CCC32)C1.CN(C)CCCN1c2ccccc2Sc2ccc(Cl)cc21. The summed E-state index contributed by atoms with van der Waals surface area (Å²) in [4.78, 5) is 31.0. The highest BCUT2D eigenvalue weighted by molar-refractivity contribution is 7.99. The Kier molecular flexibility index (Phi) is 9.49. The molecule has 0 N–H and O–H groups in total. The van der Waals surface area contributed by atoms with Gasteiger partial charge in [0.15, 0.2) is 0 Å². The second-order valence-corrected chi connectivity index (χ2v) is 16.2. The van der Waals surface area contributed by atoms with Crippen LogP contribution in [0.3, 0.4) is 0 Å². The van der Waals surface area contributed by atoms with Gasteiger partial charge in [-0.3, -0.25) is 9.59 Å². The van der Waals surface area contributed by atoms with Crippen LogP contribution >= 0.6 is 23.4 Å². The van der Waals surface area contributed by atoms with Gasteiger partial charge in [-0.05, 0) is 119 Å². The van der Waals surface area contributed by atoms with E-state index in [4.69, 9.17) is 16.3 Å². The van der Waals surface area contributed by atoms with Crippen molar-refractivity contribution in [1.82, 2.24) is 4.90 Å². The Morgan fingerprint density at radius 2 is 1.76 bits per heavy atom. The number of ether oxygens (including phenoxy) is 1. The number of ketones is 1. The van der Waals surface area contributed by atoms with Crippen LogP contribution in [0, 0.1) is 28.6 Å². The van der Waals surface area contributed by atoms with E-state index in [0.29, 0.717) is 23.5 Å². The summed E-state index contributed by atoms with van der Waals surface area (Å²) in [5, 5.41) is 0.798. The fourth-order valence-corrected chi connectivity index (χ4v) is 10.6. The number of allylic oxidation sites excluding steroid dienone is 1. The summed E-state index contributed by atoms with van der Waals surface area (Å²) in [5.41, 5.74) is 4.25. The third kappa shape index (κ3) is 6.36. The summed E-state index contributed by atoms with van der Waals surface area (Å²) in [6.45, 7) is 8.28. The number of benzene rings is 2. The van der Waals surface area contributed by atoms with Crippen molar-refractivity contribution in [3.05, 3.63) is 59.1 Å². The van der Waals surface area contributed by atoms with Crippen LogP contribution in [0.15, 0.2) is 63.9 Å². The molecular formula is C38H49ClN2O3S. The Morgan fingerprint density at radius 1 is 1.02 bits per heavy atom. The van der Waals surface area contributed by atoms with Crippen molar-refractivity contribution in [3.8, 4) is 0 Å². The number of carbonyl (C=O) groups excluding carboxylic acids is 2. The Hall–Kier alpha value is -2.28. The van der Waals surface area contributed by atoms with E-state index in [2.05, 4.69) is 80.2 Å². The molecule has 2 aromatic rings. The molecule has 0 spiro atoms. The highest BCUT2D eigenvalue weighted by atomic mass is 35.5. The zero-order chi connectivity index (χ0) is 31.9. The monoisotopic (exact) mass is 648 g/mol. The molecule has 4 aliphatic carbocycles. The van der Waals surface area contributed by atoms with Crippen LogP contribution in [0.2, 0.25) is 5.02 Å². The molecule has 3 saturated carbocycles. The molecular weight excluding hydrogens is 600 g/mol. The summed E-state index contributed by atoms with van der Waals surface area (Å²) >= 11 is 8.03. The van der Waals surface area contributed by atoms with Gasteiger partial charge in [0.25, 0.3) is 0 Å². The molecule has 45 heavy (non-hydrogen) atoms. The number of Topliss-reactive ketones (excluding diaryl/α,β-unsaturated/α-hetero) is 1. The minimum absolute atomic E-state index is 0.0438. The third-order valence-corrected chi connectivity index (χ3v) is 13.0. The maximum Gasteiger partial charge on any atom is 0.302 e. The average Bonchev–Trinajstić information content (AvgIpc) is 3.31. The number of para-hydroxylation sites is 1. The number of hydrogen-bond donors (Lipinski definition) is 0. The summed E-state index contributed by atoms with van der Waals surface area (Å²) < 4.78 is 5.50. The smallest absolute Gasteiger partial charge is 0.302 e. The Bertz CT molecular complexity index is 1470. The summed E-state index contributed by atoms with van der Waals surface area (Å²) in [6, 6.07) is 14.8. The van der Waals surface area contributed by atoms with Gasteiger partial charge >= 0.3 is 5.97 Å². The highest BCUT2D eigenvalue weighted by Gasteiger charge is 2.58. The number of fused-ring (bicyclic) bond motifs is 7. The van der Waals surface area contributed by atoms with Gasteiger partial charge in [0, 0.05) is 46.5 Å². The van der Waals surface area contributed by atoms with E-state index >= 15 is 0 Å². The highest BCUT2D eigenvalue weighted by Crippen LogP contribution is 2.64. The first kappa shape index (κ1) is 32.7. The van der Waals surface area contributed by atoms with E-state index in [-0.39, 0.29) is 22.9 Å². The van der Waals surface area contributed by atoms with Gasteiger partial charge < -0.3 is 14.5 Å². The molecule has 1 heterocycles. The van der Waals surface area contributed by atoms with Gasteiger partial charge in [0.1, 0.15) is 11.9 Å². The molecule has 5 aliphatic rings. The molecule has 3 fully saturated rings. The summed E-state index contributed by atoms with van der Waals surface area (Å²) in [5.74, 6) is 2.33. The lowest BCUT2D eigenvalue weighted by molar-refractivity contribution is -0.148. The van der Waals surface area contributed by atoms with Gasteiger partial charge in [0.05, 0.1) is 11.4 Å². The van der Waals surface area contributed by atoms with E-state index in [1.54, 1.807) is 0 Å². The number of nitrogens with zero attached hydrogens (tertiary/aromatic N) is 2. The molecule has 7 rings (SSSR count). The summed E-state index contributed by atoms with van der Waals surface area (Å²) in [7, 11) is 4.23. The van der Waals surface area contributed by atoms with Crippen LogP contribution in [0.4, 0.5) is 11.4 Å². The van der Waals surface area contributed by atoms with Crippen LogP contribution in [0.25, 0.3) is 0 Å². The number of anilines is 2. The first-order valence-corrected chi connectivity index (χ1v) is 18.1. The predicted molar refractivity (Wildman–Crippen MR) is 184 cm³/mol. The molecule has 242 valence electrons. The number of esters is 1. The van der Waals surface area contributed by atoms with E-state index in [0.717, 1.165) is 69.5 Å². The van der Waals surface area contributed by atoms with Crippen molar-refractivity contribution in [3.63, 3.8) is 0 Å². The molecule has 0 saturated heterocycles. The molecule has 6 atom stereocenters. The topological polar surface area (TPSA) is 49.9 Å². The number of halogens is 1. The van der Waals surface area contributed by atoms with Gasteiger partial charge in [-0.25, -0.2) is 0 Å². The lowest BCUT2D eigenvalue weighted by Gasteiger charge is -2.56. The second kappa shape index (κ2) is 13.1. The lowest BCUT2D eigenvalue weighted by Crippen LogP contribution is -2.50. The van der Waals surface area contributed by atoms with Crippen LogP contribution in [0.1, 0.15) is 78.6 Å². The summed E-state index contributed by atoms with van der Waals surface area (Å²) in [6.07, 6.45) is 12.0. The second-order valence-electron chi connectivity index (χ2n) is 14.6. The zero-order valence-corrected chi connectivity index (χ0v) is 29.2. The Balaban J connectivity index is 0.000000160. The standard InChI is InChI=1S/C21H30O3.C17H19ClN2S/c1-13(22)24-15-8-10-20(2)14(12-15)4-5-16-17-6-7-19(23)21(17,3)11-9-18(16)20;1-19(2)10-5-11-20-14-6-3-4-7-16(14)21-17-9-8-13(18)12-15(17)20/h4,15-18H,5-12H2,1-3H3;3-4,6-9,12H,5,10-11H2,1-2H3. The largest absolute Gasteiger partial charge is 0.462 e. The van der Waals surface area contributed by atoms with E-state index in [1.807, 2.05) is 17.8 Å². The fraction of sp³-hybridized carbons (Fsp3) is 0.579. The molecule has 0 aromatic heterocycles. The van der Waals surface area contributed by atoms with Gasteiger partial charge in [-0.1, -0.05) is 61.0 Å². The maximum atomic E-state index is 12.4. The zero-order valence-electron chi connectivity index (χ0n) is 27.6. The van der Waals surface area contributed by atoms with Crippen molar-refractivity contribution in [2.24, 2.45) is 28.6 Å². The Labute approximate surface area is 279 Å². The van der Waals surface area contributed by atoms with Gasteiger partial charge in [0.2, 0.25) is 0 Å². The number of carbonyl (C=O) groups is 2. The third-order valence-electron chi connectivity index (χ3n) is 11.7. The minimum Gasteiger partial charge on any atom is -0.462 e. The minimum atomic E-state index is -0.157. The van der Waals surface area contributed by atoms with Gasteiger partial charge in [-0.2, -0.15) is 0 Å². The van der Waals surface area contributed by atoms with E-state index < -0.39 is 0 Å². The molecule has 7 heteroatoms. The number of rotatable bonds is 5. The van der Waals surface area contributed by atoms with Crippen LogP contribution in [-0.4, -0.2) is 49.9 Å². The Morgan fingerprint density at radius 3 is 2.53 bits per heavy atom. The fourth-order valence-electron chi connectivity index (χ4n) is 9.32. The van der Waals surface area contributed by atoms with Crippen molar-refractivity contribution in [1.29, 1.82) is 0 Å². The quantitative estimate of drug-likeness (QED) is 0.238. The molecule has 0 radical (unpaired) electrons. The molecule has 6 unspecified atom stereocenters. The molecule has 0 bridgehead atoms. The van der Waals surface area contributed by atoms with Crippen LogP contribution in [0.5, 0.6) is 0 Å².